The Morgan fingerprint density at radius 3 is 2.56 bits per heavy atom. The smallest absolute Gasteiger partial charge is 0.322 e. The third kappa shape index (κ3) is 8.88. The average molecular weight is 752 g/mol. The lowest BCUT2D eigenvalue weighted by Gasteiger charge is -2.29. The second-order valence-electron chi connectivity index (χ2n) is 14.9. The zero-order valence-corrected chi connectivity index (χ0v) is 31.7. The number of aromatic nitrogens is 4. The monoisotopic (exact) mass is 751 g/mol. The van der Waals surface area contributed by atoms with E-state index in [2.05, 4.69) is 46.8 Å². The molecule has 3 aliphatic heterocycles. The molecule has 2 aromatic heterocycles. The van der Waals surface area contributed by atoms with Crippen LogP contribution in [0.5, 0.6) is 11.8 Å². The molecule has 3 aliphatic rings. The van der Waals surface area contributed by atoms with Crippen molar-refractivity contribution in [3.63, 3.8) is 0 Å². The average Bonchev–Trinajstić information content (AvgIpc) is 3.75. The lowest BCUT2D eigenvalue weighted by atomic mass is 10.0. The van der Waals surface area contributed by atoms with Crippen LogP contribution in [-0.2, 0) is 27.5 Å². The number of amides is 4. The molecule has 5 heterocycles. The van der Waals surface area contributed by atoms with Crippen LogP contribution in [0.25, 0.3) is 5.65 Å². The molecule has 7 rings (SSSR count). The van der Waals surface area contributed by atoms with Gasteiger partial charge in [-0.05, 0) is 80.8 Å². The van der Waals surface area contributed by atoms with Crippen LogP contribution in [-0.4, -0.2) is 91.9 Å². The predicted octanol–water partition coefficient (Wildman–Crippen LogP) is 4.67. The number of imide groups is 1. The number of benzene rings is 2. The summed E-state index contributed by atoms with van der Waals surface area (Å²) in [6.45, 7) is 7.38. The van der Waals surface area contributed by atoms with Crippen LogP contribution < -0.4 is 25.4 Å². The van der Waals surface area contributed by atoms with Crippen molar-refractivity contribution in [2.24, 2.45) is 0 Å². The van der Waals surface area contributed by atoms with Crippen molar-refractivity contribution >= 4 is 40.9 Å². The Hall–Kier alpha value is -5.57. The minimum absolute atomic E-state index is 0.0630. The molecular weight excluding hydrogens is 702 g/mol. The molecule has 4 amide bonds. The Kier molecular flexibility index (Phi) is 11.6. The number of nitrogens with zero attached hydrogens (tertiary/aromatic N) is 6. The molecule has 1 unspecified atom stereocenters. The van der Waals surface area contributed by atoms with Crippen molar-refractivity contribution in [3.8, 4) is 11.8 Å². The highest BCUT2D eigenvalue weighted by molar-refractivity contribution is 6.06. The van der Waals surface area contributed by atoms with E-state index < -0.39 is 11.9 Å². The van der Waals surface area contributed by atoms with Gasteiger partial charge in [-0.15, -0.1) is 0 Å². The van der Waals surface area contributed by atoms with Gasteiger partial charge in [0.2, 0.25) is 23.7 Å². The van der Waals surface area contributed by atoms with E-state index >= 15 is 0 Å². The SMILES string of the molecule is CC(C)c1cnn2c(NCc3ccc(NC(=O)CCCCCOc4cccc5c4C(=O)N(C4CCC(=O)NC4=O)C5)cc3)nc(OC3CCN(C)CC3)nc12. The molecule has 15 heteroatoms. The summed E-state index contributed by atoms with van der Waals surface area (Å²) in [6.07, 6.45) is 6.85. The molecule has 0 saturated carbocycles. The maximum absolute atomic E-state index is 13.3. The molecule has 290 valence electrons. The number of rotatable bonds is 15. The highest BCUT2D eigenvalue weighted by Gasteiger charge is 2.40. The first-order valence-corrected chi connectivity index (χ1v) is 19.3. The molecule has 15 nitrogen and oxygen atoms in total. The topological polar surface area (TPSA) is 172 Å². The Labute approximate surface area is 320 Å². The number of ether oxygens (including phenoxy) is 2. The summed E-state index contributed by atoms with van der Waals surface area (Å²) in [5, 5.41) is 13.3. The fraction of sp³-hybridized carbons (Fsp3) is 0.475. The molecule has 0 aliphatic carbocycles. The van der Waals surface area contributed by atoms with Crippen LogP contribution in [0.3, 0.4) is 0 Å². The van der Waals surface area contributed by atoms with Gasteiger partial charge in [0, 0.05) is 50.3 Å². The van der Waals surface area contributed by atoms with E-state index in [-0.39, 0.29) is 36.2 Å². The summed E-state index contributed by atoms with van der Waals surface area (Å²) >= 11 is 0. The minimum atomic E-state index is -0.669. The fourth-order valence-corrected chi connectivity index (χ4v) is 7.26. The first kappa shape index (κ1) is 37.7. The number of piperidine rings is 2. The normalized spacial score (nSPS) is 17.8. The molecule has 4 aromatic rings. The van der Waals surface area contributed by atoms with Crippen molar-refractivity contribution < 1.29 is 28.7 Å². The first-order chi connectivity index (χ1) is 26.6. The highest BCUT2D eigenvalue weighted by atomic mass is 16.5. The number of nitrogens with one attached hydrogen (secondary N) is 3. The number of hydrogen-bond donors (Lipinski definition) is 3. The number of anilines is 2. The molecule has 2 saturated heterocycles. The second-order valence-corrected chi connectivity index (χ2v) is 14.9. The van der Waals surface area contributed by atoms with Gasteiger partial charge < -0.3 is 29.9 Å². The summed E-state index contributed by atoms with van der Waals surface area (Å²) in [5.74, 6) is 0.211. The molecule has 2 fully saturated rings. The second kappa shape index (κ2) is 16.8. The standard InChI is InChI=1S/C40H49N9O6/c1-25(2)30-23-42-49-36(30)45-40(55-29-17-19-47(3)20-18-29)46-39(49)41-22-26-11-13-28(14-12-26)43-33(50)10-5-4-6-21-54-32-9-7-8-27-24-48(38(53)35(27)32)31-15-16-34(51)44-37(31)52/h7-9,11-14,23,25,29,31H,4-6,10,15-22,24H2,1-3H3,(H,43,50)(H,41,45,46)(H,44,51,52). The van der Waals surface area contributed by atoms with E-state index in [1.54, 1.807) is 10.6 Å². The lowest BCUT2D eigenvalue weighted by Crippen LogP contribution is -2.52. The molecule has 0 bridgehead atoms. The van der Waals surface area contributed by atoms with E-state index in [1.165, 1.54) is 4.90 Å². The number of carbonyl (C=O) groups excluding carboxylic acids is 4. The van der Waals surface area contributed by atoms with Crippen LogP contribution in [0.2, 0.25) is 0 Å². The van der Waals surface area contributed by atoms with E-state index in [1.807, 2.05) is 42.6 Å². The van der Waals surface area contributed by atoms with Crippen molar-refractivity contribution in [1.29, 1.82) is 0 Å². The van der Waals surface area contributed by atoms with E-state index in [4.69, 9.17) is 19.4 Å². The van der Waals surface area contributed by atoms with E-state index in [0.717, 1.165) is 60.4 Å². The molecule has 0 radical (unpaired) electrons. The fourth-order valence-electron chi connectivity index (χ4n) is 7.26. The quantitative estimate of drug-likeness (QED) is 0.114. The lowest BCUT2D eigenvalue weighted by molar-refractivity contribution is -0.137. The first-order valence-electron chi connectivity index (χ1n) is 19.3. The van der Waals surface area contributed by atoms with Gasteiger partial charge >= 0.3 is 6.01 Å². The van der Waals surface area contributed by atoms with Gasteiger partial charge in [-0.2, -0.15) is 19.6 Å². The van der Waals surface area contributed by atoms with Crippen LogP contribution in [0.15, 0.2) is 48.7 Å². The highest BCUT2D eigenvalue weighted by Crippen LogP contribution is 2.34. The maximum Gasteiger partial charge on any atom is 0.322 e. The summed E-state index contributed by atoms with van der Waals surface area (Å²) in [7, 11) is 2.12. The van der Waals surface area contributed by atoms with Gasteiger partial charge in [0.05, 0.1) is 18.4 Å². The van der Waals surface area contributed by atoms with Crippen LogP contribution in [0.4, 0.5) is 11.6 Å². The van der Waals surface area contributed by atoms with Crippen molar-refractivity contribution in [2.45, 2.75) is 96.4 Å². The van der Waals surface area contributed by atoms with Crippen LogP contribution >= 0.6 is 0 Å². The van der Waals surface area contributed by atoms with Gasteiger partial charge in [-0.1, -0.05) is 38.1 Å². The van der Waals surface area contributed by atoms with Gasteiger partial charge in [0.15, 0.2) is 5.65 Å². The molecule has 0 spiro atoms. The Morgan fingerprint density at radius 1 is 1.00 bits per heavy atom. The number of fused-ring (bicyclic) bond motifs is 2. The van der Waals surface area contributed by atoms with Crippen LogP contribution in [0, 0.1) is 0 Å². The predicted molar refractivity (Wildman–Crippen MR) is 205 cm³/mol. The van der Waals surface area contributed by atoms with Gasteiger partial charge in [0.1, 0.15) is 17.9 Å². The van der Waals surface area contributed by atoms with Crippen molar-refractivity contribution in [2.75, 3.05) is 37.4 Å². The van der Waals surface area contributed by atoms with E-state index in [9.17, 15) is 19.2 Å². The van der Waals surface area contributed by atoms with E-state index in [0.29, 0.717) is 68.7 Å². The number of likely N-dealkylation sites (tertiary alicyclic amines) is 1. The summed E-state index contributed by atoms with van der Waals surface area (Å²) in [4.78, 5) is 63.2. The zero-order chi connectivity index (χ0) is 38.5. The molecule has 3 N–H and O–H groups in total. The third-order valence-electron chi connectivity index (χ3n) is 10.4. The van der Waals surface area contributed by atoms with Crippen molar-refractivity contribution in [1.82, 2.24) is 34.7 Å². The number of unbranched alkanes of at least 4 members (excludes halogenated alkanes) is 2. The third-order valence-corrected chi connectivity index (χ3v) is 10.4. The van der Waals surface area contributed by atoms with Crippen molar-refractivity contribution in [3.05, 3.63) is 70.9 Å². The summed E-state index contributed by atoms with van der Waals surface area (Å²) in [6, 6.07) is 12.8. The van der Waals surface area contributed by atoms with Gasteiger partial charge in [-0.3, -0.25) is 24.5 Å². The summed E-state index contributed by atoms with van der Waals surface area (Å²) < 4.78 is 14.0. The van der Waals surface area contributed by atoms with Gasteiger partial charge in [-0.25, -0.2) is 0 Å². The number of carbonyl (C=O) groups is 4. The minimum Gasteiger partial charge on any atom is -0.493 e. The molecule has 1 atom stereocenters. The zero-order valence-electron chi connectivity index (χ0n) is 31.7. The molecular formula is C40H49N9O6. The largest absolute Gasteiger partial charge is 0.493 e. The Morgan fingerprint density at radius 2 is 1.80 bits per heavy atom. The molecule has 2 aromatic carbocycles. The molecule has 55 heavy (non-hydrogen) atoms. The summed E-state index contributed by atoms with van der Waals surface area (Å²) in [5.41, 5.74) is 4.77. The number of hydrogen-bond acceptors (Lipinski definition) is 11. The Bertz CT molecular complexity index is 2040. The van der Waals surface area contributed by atoms with Crippen LogP contribution in [0.1, 0.15) is 98.2 Å². The van der Waals surface area contributed by atoms with Gasteiger partial charge in [0.25, 0.3) is 5.91 Å². The maximum atomic E-state index is 13.3. The Balaban J connectivity index is 0.851.